The molecule has 13 heavy (non-hydrogen) atoms. The molecule has 0 saturated heterocycles. The van der Waals surface area contributed by atoms with Crippen LogP contribution in [0.2, 0.25) is 0 Å². The third-order valence-corrected chi connectivity index (χ3v) is 3.15. The monoisotopic (exact) mass is 184 g/mol. The Kier molecular flexibility index (Phi) is 3.76. The Morgan fingerprint density at radius 2 is 2.08 bits per heavy atom. The molecule has 0 amide bonds. The van der Waals surface area contributed by atoms with Crippen LogP contribution in [0.1, 0.15) is 40.0 Å². The number of rotatable bonds is 3. The van der Waals surface area contributed by atoms with Crippen LogP contribution in [0.15, 0.2) is 0 Å². The van der Waals surface area contributed by atoms with E-state index in [2.05, 4.69) is 13.8 Å². The Hall–Kier alpha value is -0.530. The summed E-state index contributed by atoms with van der Waals surface area (Å²) in [4.78, 5) is 11.5. The fourth-order valence-electron chi connectivity index (χ4n) is 2.29. The van der Waals surface area contributed by atoms with Crippen LogP contribution < -0.4 is 0 Å². The van der Waals surface area contributed by atoms with E-state index in [4.69, 9.17) is 4.74 Å². The van der Waals surface area contributed by atoms with Gasteiger partial charge in [-0.3, -0.25) is 4.79 Å². The molecule has 0 N–H and O–H groups in total. The van der Waals surface area contributed by atoms with Crippen LogP contribution in [0.4, 0.5) is 0 Å². The number of ether oxygens (including phenoxy) is 1. The van der Waals surface area contributed by atoms with Crippen LogP contribution in [0.25, 0.3) is 0 Å². The highest BCUT2D eigenvalue weighted by molar-refractivity contribution is 5.73. The van der Waals surface area contributed by atoms with Crippen molar-refractivity contribution in [2.24, 2.45) is 17.8 Å². The molecule has 1 aliphatic carbocycles. The molecule has 1 aliphatic rings. The zero-order valence-electron chi connectivity index (χ0n) is 8.88. The van der Waals surface area contributed by atoms with Crippen LogP contribution in [0.5, 0.6) is 0 Å². The highest BCUT2D eigenvalue weighted by atomic mass is 16.5. The van der Waals surface area contributed by atoms with E-state index in [1.807, 2.05) is 6.92 Å². The highest BCUT2D eigenvalue weighted by Crippen LogP contribution is 2.38. The zero-order valence-corrected chi connectivity index (χ0v) is 8.88. The first kappa shape index (κ1) is 10.6. The molecule has 3 atom stereocenters. The van der Waals surface area contributed by atoms with Crippen molar-refractivity contribution in [3.05, 3.63) is 0 Å². The standard InChI is InChI=1S/C11H20O2/c1-4-9-6-8(3)10(7-9)11(12)13-5-2/h8-10H,4-7H2,1-3H3/t8-,9?,10-/m1/s1. The first-order valence-corrected chi connectivity index (χ1v) is 5.35. The number of hydrogen-bond donors (Lipinski definition) is 0. The van der Waals surface area contributed by atoms with E-state index >= 15 is 0 Å². The van der Waals surface area contributed by atoms with Gasteiger partial charge in [-0.25, -0.2) is 0 Å². The lowest BCUT2D eigenvalue weighted by molar-refractivity contribution is -0.149. The molecule has 1 fully saturated rings. The van der Waals surface area contributed by atoms with Gasteiger partial charge < -0.3 is 4.74 Å². The maximum atomic E-state index is 11.5. The molecule has 0 aromatic rings. The minimum Gasteiger partial charge on any atom is -0.466 e. The summed E-state index contributed by atoms with van der Waals surface area (Å²) in [7, 11) is 0. The average Bonchev–Trinajstić information content (AvgIpc) is 2.47. The van der Waals surface area contributed by atoms with Crippen molar-refractivity contribution < 1.29 is 9.53 Å². The molecule has 76 valence electrons. The molecule has 1 rings (SSSR count). The van der Waals surface area contributed by atoms with Gasteiger partial charge in [0.15, 0.2) is 0 Å². The normalized spacial score (nSPS) is 33.3. The molecule has 0 heterocycles. The molecule has 1 unspecified atom stereocenters. The second kappa shape index (κ2) is 4.64. The topological polar surface area (TPSA) is 26.3 Å². The summed E-state index contributed by atoms with van der Waals surface area (Å²) in [5.74, 6) is 1.45. The average molecular weight is 184 g/mol. The summed E-state index contributed by atoms with van der Waals surface area (Å²) in [5, 5.41) is 0. The van der Waals surface area contributed by atoms with E-state index in [0.717, 1.165) is 12.3 Å². The van der Waals surface area contributed by atoms with Crippen molar-refractivity contribution in [3.63, 3.8) is 0 Å². The lowest BCUT2D eigenvalue weighted by Gasteiger charge is -2.12. The molecule has 0 bridgehead atoms. The Morgan fingerprint density at radius 3 is 2.54 bits per heavy atom. The van der Waals surface area contributed by atoms with Crippen molar-refractivity contribution in [1.82, 2.24) is 0 Å². The van der Waals surface area contributed by atoms with Gasteiger partial charge in [-0.2, -0.15) is 0 Å². The largest absolute Gasteiger partial charge is 0.466 e. The Bertz CT molecular complexity index is 177. The van der Waals surface area contributed by atoms with Crippen molar-refractivity contribution in [2.45, 2.75) is 40.0 Å². The van der Waals surface area contributed by atoms with E-state index in [1.165, 1.54) is 12.8 Å². The third kappa shape index (κ3) is 2.45. The van der Waals surface area contributed by atoms with Crippen molar-refractivity contribution in [1.29, 1.82) is 0 Å². The predicted molar refractivity (Wildman–Crippen MR) is 52.3 cm³/mol. The summed E-state index contributed by atoms with van der Waals surface area (Å²) in [6, 6.07) is 0. The van der Waals surface area contributed by atoms with Gasteiger partial charge in [-0.15, -0.1) is 0 Å². The lowest BCUT2D eigenvalue weighted by atomic mass is 9.99. The first-order valence-electron chi connectivity index (χ1n) is 5.35. The molecule has 0 spiro atoms. The van der Waals surface area contributed by atoms with Gasteiger partial charge in [-0.05, 0) is 31.6 Å². The van der Waals surface area contributed by atoms with Gasteiger partial charge in [0.25, 0.3) is 0 Å². The van der Waals surface area contributed by atoms with Crippen LogP contribution in [0.3, 0.4) is 0 Å². The van der Waals surface area contributed by atoms with E-state index < -0.39 is 0 Å². The second-order valence-corrected chi connectivity index (χ2v) is 4.08. The molecule has 2 nitrogen and oxygen atoms in total. The summed E-state index contributed by atoms with van der Waals surface area (Å²) >= 11 is 0. The van der Waals surface area contributed by atoms with E-state index in [0.29, 0.717) is 12.5 Å². The maximum Gasteiger partial charge on any atom is 0.309 e. The third-order valence-electron chi connectivity index (χ3n) is 3.15. The number of carbonyl (C=O) groups excluding carboxylic acids is 1. The SMILES string of the molecule is CCOC(=O)[C@@H]1CC(CC)C[C@H]1C. The minimum atomic E-state index is 0.0194. The van der Waals surface area contributed by atoms with Crippen molar-refractivity contribution in [3.8, 4) is 0 Å². The van der Waals surface area contributed by atoms with E-state index in [-0.39, 0.29) is 11.9 Å². The van der Waals surface area contributed by atoms with E-state index in [9.17, 15) is 4.79 Å². The summed E-state index contributed by atoms with van der Waals surface area (Å²) in [6.07, 6.45) is 3.43. The van der Waals surface area contributed by atoms with Gasteiger partial charge in [0.1, 0.15) is 0 Å². The number of carbonyl (C=O) groups is 1. The van der Waals surface area contributed by atoms with Crippen molar-refractivity contribution >= 4 is 5.97 Å². The zero-order chi connectivity index (χ0) is 9.84. The van der Waals surface area contributed by atoms with Gasteiger partial charge in [-0.1, -0.05) is 20.3 Å². The fourth-order valence-corrected chi connectivity index (χ4v) is 2.29. The molecule has 0 radical (unpaired) electrons. The molecule has 1 saturated carbocycles. The second-order valence-electron chi connectivity index (χ2n) is 4.08. The van der Waals surface area contributed by atoms with E-state index in [1.54, 1.807) is 0 Å². The maximum absolute atomic E-state index is 11.5. The smallest absolute Gasteiger partial charge is 0.309 e. The molecule has 2 heteroatoms. The van der Waals surface area contributed by atoms with Gasteiger partial charge >= 0.3 is 5.97 Å². The van der Waals surface area contributed by atoms with Crippen LogP contribution >= 0.6 is 0 Å². The summed E-state index contributed by atoms with van der Waals surface area (Å²) in [5.41, 5.74) is 0. The minimum absolute atomic E-state index is 0.0194. The molecule has 0 aromatic carbocycles. The Morgan fingerprint density at radius 1 is 1.38 bits per heavy atom. The number of hydrogen-bond acceptors (Lipinski definition) is 2. The predicted octanol–water partition coefficient (Wildman–Crippen LogP) is 2.62. The first-order chi connectivity index (χ1) is 6.19. The Balaban J connectivity index is 2.46. The van der Waals surface area contributed by atoms with Crippen molar-refractivity contribution in [2.75, 3.05) is 6.61 Å². The summed E-state index contributed by atoms with van der Waals surface area (Å²) in [6.45, 7) is 6.75. The Labute approximate surface area is 80.7 Å². The van der Waals surface area contributed by atoms with Crippen LogP contribution in [-0.2, 0) is 9.53 Å². The van der Waals surface area contributed by atoms with Crippen LogP contribution in [0, 0.1) is 17.8 Å². The highest BCUT2D eigenvalue weighted by Gasteiger charge is 2.35. The summed E-state index contributed by atoms with van der Waals surface area (Å²) < 4.78 is 5.05. The molecular formula is C11H20O2. The molecule has 0 aliphatic heterocycles. The van der Waals surface area contributed by atoms with Gasteiger partial charge in [0, 0.05) is 0 Å². The fraction of sp³-hybridized carbons (Fsp3) is 0.909. The quantitative estimate of drug-likeness (QED) is 0.630. The van der Waals surface area contributed by atoms with Crippen LogP contribution in [-0.4, -0.2) is 12.6 Å². The van der Waals surface area contributed by atoms with Gasteiger partial charge in [0.2, 0.25) is 0 Å². The molecule has 0 aromatic heterocycles. The molecular weight excluding hydrogens is 164 g/mol. The number of esters is 1. The van der Waals surface area contributed by atoms with Gasteiger partial charge in [0.05, 0.1) is 12.5 Å². The lowest BCUT2D eigenvalue weighted by Crippen LogP contribution is -2.19.